The highest BCUT2D eigenvalue weighted by Crippen LogP contribution is 2.48. The van der Waals surface area contributed by atoms with Crippen LogP contribution in [-0.4, -0.2) is 24.9 Å². The smallest absolute Gasteiger partial charge is 0.343 e. The van der Waals surface area contributed by atoms with Crippen molar-refractivity contribution in [2.45, 2.75) is 58.9 Å². The Kier molecular flexibility index (Phi) is 7.05. The third kappa shape index (κ3) is 4.90. The second kappa shape index (κ2) is 8.03. The normalized spacial score (nSPS) is 19.1. The van der Waals surface area contributed by atoms with Gasteiger partial charge in [0.1, 0.15) is 0 Å². The van der Waals surface area contributed by atoms with Gasteiger partial charge in [-0.1, -0.05) is 19.3 Å². The van der Waals surface area contributed by atoms with Crippen molar-refractivity contribution in [1.29, 1.82) is 0 Å². The third-order valence-electron chi connectivity index (χ3n) is 3.55. The Hall–Kier alpha value is -0.380. The average Bonchev–Trinajstić information content (AvgIpc) is 2.40. The predicted molar refractivity (Wildman–Crippen MR) is 75.4 cm³/mol. The van der Waals surface area contributed by atoms with Gasteiger partial charge < -0.3 is 14.4 Å². The Bertz CT molecular complexity index is 319. The highest BCUT2D eigenvalue weighted by atomic mass is 31.2. The van der Waals surface area contributed by atoms with Gasteiger partial charge in [0.25, 0.3) is 0 Å². The highest BCUT2D eigenvalue weighted by molar-refractivity contribution is 7.71. The third-order valence-corrected chi connectivity index (χ3v) is 5.38. The van der Waals surface area contributed by atoms with Crippen LogP contribution in [-0.2, 0) is 13.6 Å². The minimum atomic E-state index is -3.67. The van der Waals surface area contributed by atoms with E-state index >= 15 is 0 Å². The molecule has 19 heavy (non-hydrogen) atoms. The molecule has 1 aliphatic carbocycles. The topological polar surface area (TPSA) is 64.6 Å². The van der Waals surface area contributed by atoms with Crippen molar-refractivity contribution in [1.82, 2.24) is 5.32 Å². The van der Waals surface area contributed by atoms with Crippen molar-refractivity contribution < 1.29 is 18.4 Å². The van der Waals surface area contributed by atoms with Gasteiger partial charge in [0.2, 0.25) is 0 Å². The number of nitrogens with one attached hydrogen (secondary N) is 1. The van der Waals surface area contributed by atoms with E-state index in [1.807, 2.05) is 6.92 Å². The molecule has 112 valence electrons. The fourth-order valence-corrected chi connectivity index (χ4v) is 3.87. The van der Waals surface area contributed by atoms with Crippen LogP contribution < -0.4 is 5.32 Å². The first-order valence-electron chi connectivity index (χ1n) is 7.23. The van der Waals surface area contributed by atoms with Crippen molar-refractivity contribution in [3.63, 3.8) is 0 Å². The molecule has 0 radical (unpaired) electrons. The molecule has 0 bridgehead atoms. The summed E-state index contributed by atoms with van der Waals surface area (Å²) < 4.78 is 22.4. The lowest BCUT2D eigenvalue weighted by Gasteiger charge is -2.29. The molecule has 1 amide bonds. The molecule has 0 spiro atoms. The fraction of sp³-hybridized carbons (Fsp3) is 0.923. The maximum atomic E-state index is 12.3. The van der Waals surface area contributed by atoms with Gasteiger partial charge in [-0.15, -0.1) is 0 Å². The van der Waals surface area contributed by atoms with Gasteiger partial charge in [-0.2, -0.15) is 0 Å². The summed E-state index contributed by atoms with van der Waals surface area (Å²) in [5.41, 5.74) is -0.603. The van der Waals surface area contributed by atoms with Crippen LogP contribution in [0.4, 0.5) is 4.79 Å². The molecular weight excluding hydrogens is 265 g/mol. The first-order chi connectivity index (χ1) is 9.03. The maximum Gasteiger partial charge on any atom is 0.418 e. The van der Waals surface area contributed by atoms with Crippen molar-refractivity contribution in [2.75, 3.05) is 13.2 Å². The van der Waals surface area contributed by atoms with Gasteiger partial charge in [-0.3, -0.25) is 4.79 Å². The van der Waals surface area contributed by atoms with E-state index in [9.17, 15) is 9.36 Å². The van der Waals surface area contributed by atoms with Gasteiger partial charge in [-0.25, -0.2) is 4.57 Å². The first kappa shape index (κ1) is 16.7. The van der Waals surface area contributed by atoms with E-state index in [1.165, 1.54) is 19.3 Å². The van der Waals surface area contributed by atoms with Crippen molar-refractivity contribution in [2.24, 2.45) is 5.92 Å². The molecule has 0 heterocycles. The lowest BCUT2D eigenvalue weighted by Crippen LogP contribution is -2.38. The lowest BCUT2D eigenvalue weighted by atomic mass is 9.85. The summed E-state index contributed by atoms with van der Waals surface area (Å²) in [6.45, 7) is 5.76. The van der Waals surface area contributed by atoms with Crippen molar-refractivity contribution in [3.8, 4) is 0 Å². The van der Waals surface area contributed by atoms with E-state index in [1.54, 1.807) is 13.8 Å². The quantitative estimate of drug-likeness (QED) is 0.722. The first-order valence-corrected chi connectivity index (χ1v) is 8.78. The predicted octanol–water partition coefficient (Wildman–Crippen LogP) is 3.93. The van der Waals surface area contributed by atoms with Crippen LogP contribution in [0.3, 0.4) is 0 Å². The zero-order chi connectivity index (χ0) is 14.3. The van der Waals surface area contributed by atoms with Crippen LogP contribution in [0.5, 0.6) is 0 Å². The standard InChI is InChI=1S/C13H26NO4P/c1-4-17-19(16,18-5-2)13(15)14-11(3)12-9-7-6-8-10-12/h11-12H,4-10H2,1-3H3,(H,14,15)/t11-/m0/s1. The molecular formula is C13H26NO4P. The molecule has 1 rings (SSSR count). The number of hydrogen-bond donors (Lipinski definition) is 1. The number of carbonyl (C=O) groups is 1. The van der Waals surface area contributed by atoms with Crippen molar-refractivity contribution >= 4 is 13.2 Å². The monoisotopic (exact) mass is 291 g/mol. The molecule has 0 aromatic rings. The second-order valence-corrected chi connectivity index (χ2v) is 6.89. The van der Waals surface area contributed by atoms with E-state index in [-0.39, 0.29) is 19.3 Å². The molecule has 0 aliphatic heterocycles. The molecule has 6 heteroatoms. The second-order valence-electron chi connectivity index (χ2n) is 4.97. The van der Waals surface area contributed by atoms with E-state index in [0.29, 0.717) is 5.92 Å². The number of rotatable bonds is 7. The molecule has 0 saturated heterocycles. The highest BCUT2D eigenvalue weighted by Gasteiger charge is 2.36. The van der Waals surface area contributed by atoms with Crippen LogP contribution >= 0.6 is 7.60 Å². The maximum absolute atomic E-state index is 12.3. The van der Waals surface area contributed by atoms with E-state index in [0.717, 1.165) is 12.8 Å². The summed E-state index contributed by atoms with van der Waals surface area (Å²) in [4.78, 5) is 12.1. The summed E-state index contributed by atoms with van der Waals surface area (Å²) in [7, 11) is -3.67. The van der Waals surface area contributed by atoms with Gasteiger partial charge >= 0.3 is 13.2 Å². The van der Waals surface area contributed by atoms with Crippen LogP contribution in [0, 0.1) is 5.92 Å². The molecule has 1 aliphatic rings. The Morgan fingerprint density at radius 3 is 2.21 bits per heavy atom. The van der Waals surface area contributed by atoms with Gasteiger partial charge in [-0.05, 0) is 39.5 Å². The van der Waals surface area contributed by atoms with E-state index in [4.69, 9.17) is 9.05 Å². The van der Waals surface area contributed by atoms with E-state index < -0.39 is 13.2 Å². The van der Waals surface area contributed by atoms with E-state index in [2.05, 4.69) is 5.32 Å². The largest absolute Gasteiger partial charge is 0.418 e. The Labute approximate surface area is 116 Å². The number of amides is 1. The molecule has 1 atom stereocenters. The average molecular weight is 291 g/mol. The summed E-state index contributed by atoms with van der Waals surface area (Å²) >= 11 is 0. The summed E-state index contributed by atoms with van der Waals surface area (Å²) in [6.07, 6.45) is 5.93. The van der Waals surface area contributed by atoms with Crippen molar-refractivity contribution in [3.05, 3.63) is 0 Å². The molecule has 0 unspecified atom stereocenters. The van der Waals surface area contributed by atoms with Crippen LogP contribution in [0.2, 0.25) is 0 Å². The fourth-order valence-electron chi connectivity index (χ4n) is 2.52. The Balaban J connectivity index is 2.57. The van der Waals surface area contributed by atoms with Gasteiger partial charge in [0.15, 0.2) is 0 Å². The molecule has 1 saturated carbocycles. The summed E-state index contributed by atoms with van der Waals surface area (Å²) in [6, 6.07) is 0.0158. The minimum Gasteiger partial charge on any atom is -0.343 e. The summed E-state index contributed by atoms with van der Waals surface area (Å²) in [5.74, 6) is 0.467. The molecule has 0 aromatic heterocycles. The van der Waals surface area contributed by atoms with Crippen LogP contribution in [0.15, 0.2) is 0 Å². The van der Waals surface area contributed by atoms with Gasteiger partial charge in [0, 0.05) is 6.04 Å². The van der Waals surface area contributed by atoms with Gasteiger partial charge in [0.05, 0.1) is 13.2 Å². The molecule has 0 aromatic carbocycles. The number of hydrogen-bond acceptors (Lipinski definition) is 4. The van der Waals surface area contributed by atoms with Crippen LogP contribution in [0.1, 0.15) is 52.9 Å². The van der Waals surface area contributed by atoms with Crippen LogP contribution in [0.25, 0.3) is 0 Å². The number of carbonyl (C=O) groups excluding carboxylic acids is 1. The Morgan fingerprint density at radius 1 is 1.21 bits per heavy atom. The zero-order valence-electron chi connectivity index (χ0n) is 12.2. The molecule has 1 N–H and O–H groups in total. The molecule has 1 fully saturated rings. The summed E-state index contributed by atoms with van der Waals surface area (Å²) in [5, 5.41) is 2.81. The molecule has 5 nitrogen and oxygen atoms in total. The Morgan fingerprint density at radius 2 is 1.74 bits per heavy atom. The minimum absolute atomic E-state index is 0.0158. The lowest BCUT2D eigenvalue weighted by molar-refractivity contribution is 0.201. The zero-order valence-corrected chi connectivity index (χ0v) is 13.1. The SMILES string of the molecule is CCOP(=O)(OCC)C(=O)N[C@@H](C)C1CCCCC1.